The molecule has 1 aliphatic rings. The first-order valence-electron chi connectivity index (χ1n) is 6.99. The first kappa shape index (κ1) is 16.3. The first-order valence-corrected chi connectivity index (χ1v) is 8.22. The Hall–Kier alpha value is -2.08. The fourth-order valence-electron chi connectivity index (χ4n) is 2.02. The molecule has 0 radical (unpaired) electrons. The monoisotopic (exact) mass is 318 g/mol. The fourth-order valence-corrected chi connectivity index (χ4v) is 2.69. The highest BCUT2D eigenvalue weighted by Crippen LogP contribution is 2.28. The van der Waals surface area contributed by atoms with E-state index in [0.717, 1.165) is 16.9 Å². The third-order valence-electron chi connectivity index (χ3n) is 3.08. The number of ether oxygens (including phenoxy) is 1. The number of thioether (sulfide) groups is 1. The smallest absolute Gasteiger partial charge is 0.364 e. The van der Waals surface area contributed by atoms with Crippen molar-refractivity contribution in [1.29, 1.82) is 0 Å². The van der Waals surface area contributed by atoms with Crippen molar-refractivity contribution in [3.05, 3.63) is 46.5 Å². The predicted octanol–water partition coefficient (Wildman–Crippen LogP) is 2.48. The molecule has 0 fully saturated rings. The van der Waals surface area contributed by atoms with Gasteiger partial charge in [-0.05, 0) is 31.2 Å². The summed E-state index contributed by atoms with van der Waals surface area (Å²) in [7, 11) is 0. The van der Waals surface area contributed by atoms with Crippen LogP contribution in [0.3, 0.4) is 0 Å². The zero-order valence-corrected chi connectivity index (χ0v) is 13.4. The van der Waals surface area contributed by atoms with Crippen LogP contribution in [0.1, 0.15) is 25.3 Å². The number of esters is 1. The number of nitrogens with one attached hydrogen (secondary N) is 1. The molecule has 0 bridgehead atoms. The minimum Gasteiger partial charge on any atom is -0.402 e. The molecule has 0 aromatic heterocycles. The van der Waals surface area contributed by atoms with Crippen LogP contribution in [0.2, 0.25) is 0 Å². The SMILES string of the molecule is CS/C(CCCNC(C)=O)=C1/N=C(c2ccccc2)OC1=O. The minimum absolute atomic E-state index is 0.0528. The van der Waals surface area contributed by atoms with Crippen molar-refractivity contribution >= 4 is 29.5 Å². The number of hydrogen-bond acceptors (Lipinski definition) is 5. The van der Waals surface area contributed by atoms with Crippen LogP contribution in [0.5, 0.6) is 0 Å². The van der Waals surface area contributed by atoms with Crippen molar-refractivity contribution in [3.8, 4) is 0 Å². The molecule has 22 heavy (non-hydrogen) atoms. The number of hydrogen-bond donors (Lipinski definition) is 1. The zero-order valence-electron chi connectivity index (χ0n) is 12.6. The largest absolute Gasteiger partial charge is 0.402 e. The van der Waals surface area contributed by atoms with E-state index in [4.69, 9.17) is 4.74 Å². The van der Waals surface area contributed by atoms with Crippen LogP contribution in [-0.2, 0) is 14.3 Å². The second kappa shape index (κ2) is 7.79. The summed E-state index contributed by atoms with van der Waals surface area (Å²) in [5.74, 6) is -0.125. The lowest BCUT2D eigenvalue weighted by Gasteiger charge is -2.05. The molecular formula is C16H18N2O3S. The summed E-state index contributed by atoms with van der Waals surface area (Å²) in [6.07, 6.45) is 3.34. The van der Waals surface area contributed by atoms with E-state index >= 15 is 0 Å². The Morgan fingerprint density at radius 3 is 2.68 bits per heavy atom. The number of carbonyl (C=O) groups excluding carboxylic acids is 2. The van der Waals surface area contributed by atoms with Crippen LogP contribution < -0.4 is 5.32 Å². The highest BCUT2D eigenvalue weighted by atomic mass is 32.2. The van der Waals surface area contributed by atoms with E-state index in [0.29, 0.717) is 24.6 Å². The third-order valence-corrected chi connectivity index (χ3v) is 3.97. The third kappa shape index (κ3) is 4.21. The maximum atomic E-state index is 12.0. The number of amides is 1. The Kier molecular flexibility index (Phi) is 5.77. The summed E-state index contributed by atoms with van der Waals surface area (Å²) in [5, 5.41) is 2.74. The number of carbonyl (C=O) groups is 2. The van der Waals surface area contributed by atoms with Crippen LogP contribution in [0.15, 0.2) is 45.9 Å². The highest BCUT2D eigenvalue weighted by molar-refractivity contribution is 8.02. The molecule has 1 aliphatic heterocycles. The summed E-state index contributed by atoms with van der Waals surface area (Å²) in [4.78, 5) is 28.1. The van der Waals surface area contributed by atoms with Gasteiger partial charge >= 0.3 is 5.97 Å². The van der Waals surface area contributed by atoms with Gasteiger partial charge < -0.3 is 10.1 Å². The first-order chi connectivity index (χ1) is 10.6. The molecular weight excluding hydrogens is 300 g/mol. The molecule has 0 saturated heterocycles. The molecule has 1 aromatic carbocycles. The number of benzene rings is 1. The summed E-state index contributed by atoms with van der Waals surface area (Å²) < 4.78 is 5.26. The van der Waals surface area contributed by atoms with Gasteiger partial charge in [0.05, 0.1) is 0 Å². The van der Waals surface area contributed by atoms with Gasteiger partial charge in [0.15, 0.2) is 5.70 Å². The molecule has 2 rings (SSSR count). The van der Waals surface area contributed by atoms with E-state index in [1.165, 1.54) is 18.7 Å². The van der Waals surface area contributed by atoms with Crippen molar-refractivity contribution in [2.24, 2.45) is 4.99 Å². The van der Waals surface area contributed by atoms with Crippen LogP contribution >= 0.6 is 11.8 Å². The number of allylic oxidation sites excluding steroid dienone is 1. The van der Waals surface area contributed by atoms with Crippen molar-refractivity contribution in [1.82, 2.24) is 5.32 Å². The Labute approximate surface area is 133 Å². The molecule has 0 atom stereocenters. The number of aliphatic imine (C=N–C) groups is 1. The fraction of sp³-hybridized carbons (Fsp3) is 0.312. The molecule has 6 heteroatoms. The Bertz CT molecular complexity index is 624. The van der Waals surface area contributed by atoms with Gasteiger partial charge in [-0.3, -0.25) is 4.79 Å². The van der Waals surface area contributed by atoms with E-state index in [-0.39, 0.29) is 5.91 Å². The zero-order chi connectivity index (χ0) is 15.9. The standard InChI is InChI=1S/C16H18N2O3S/c1-11(19)17-10-6-9-13(22-2)14-16(20)21-15(18-14)12-7-4-3-5-8-12/h3-5,7-8H,6,9-10H2,1-2H3,(H,17,19)/b14-13+. The average molecular weight is 318 g/mol. The van der Waals surface area contributed by atoms with Gasteiger partial charge in [0.1, 0.15) is 0 Å². The molecule has 116 valence electrons. The lowest BCUT2D eigenvalue weighted by molar-refractivity contribution is -0.130. The van der Waals surface area contributed by atoms with Gasteiger partial charge in [0.2, 0.25) is 11.8 Å². The van der Waals surface area contributed by atoms with Gasteiger partial charge in [-0.2, -0.15) is 0 Å². The Morgan fingerprint density at radius 2 is 2.05 bits per heavy atom. The molecule has 1 aromatic rings. The van der Waals surface area contributed by atoms with Crippen molar-refractivity contribution in [2.45, 2.75) is 19.8 Å². The van der Waals surface area contributed by atoms with E-state index in [9.17, 15) is 9.59 Å². The summed E-state index contributed by atoms with van der Waals surface area (Å²) >= 11 is 1.49. The molecule has 1 amide bonds. The lowest BCUT2D eigenvalue weighted by Crippen LogP contribution is -2.20. The van der Waals surface area contributed by atoms with E-state index in [1.54, 1.807) is 0 Å². The van der Waals surface area contributed by atoms with Gasteiger partial charge in [0.25, 0.3) is 0 Å². The average Bonchev–Trinajstić information content (AvgIpc) is 2.90. The second-order valence-electron chi connectivity index (χ2n) is 4.73. The normalized spacial score (nSPS) is 16.1. The van der Waals surface area contributed by atoms with Gasteiger partial charge in [-0.1, -0.05) is 18.2 Å². The van der Waals surface area contributed by atoms with E-state index in [2.05, 4.69) is 10.3 Å². The quantitative estimate of drug-likeness (QED) is 0.497. The van der Waals surface area contributed by atoms with Crippen LogP contribution in [0.4, 0.5) is 0 Å². The summed E-state index contributed by atoms with van der Waals surface area (Å²) in [6, 6.07) is 9.34. The van der Waals surface area contributed by atoms with Gasteiger partial charge in [-0.25, -0.2) is 9.79 Å². The van der Waals surface area contributed by atoms with Crippen LogP contribution in [0.25, 0.3) is 0 Å². The van der Waals surface area contributed by atoms with E-state index < -0.39 is 5.97 Å². The maximum absolute atomic E-state index is 12.0. The lowest BCUT2D eigenvalue weighted by atomic mass is 10.2. The van der Waals surface area contributed by atoms with Crippen molar-refractivity contribution < 1.29 is 14.3 Å². The van der Waals surface area contributed by atoms with Gasteiger partial charge in [-0.15, -0.1) is 11.8 Å². The topological polar surface area (TPSA) is 67.8 Å². The number of rotatable bonds is 6. The molecule has 0 aliphatic carbocycles. The predicted molar refractivity (Wildman–Crippen MR) is 87.5 cm³/mol. The summed E-state index contributed by atoms with van der Waals surface area (Å²) in [6.45, 7) is 2.07. The number of cyclic esters (lactones) is 1. The van der Waals surface area contributed by atoms with Crippen LogP contribution in [0, 0.1) is 0 Å². The van der Waals surface area contributed by atoms with Crippen molar-refractivity contribution in [3.63, 3.8) is 0 Å². The number of nitrogens with zero attached hydrogens (tertiary/aromatic N) is 1. The maximum Gasteiger partial charge on any atom is 0.364 e. The van der Waals surface area contributed by atoms with Crippen molar-refractivity contribution in [2.75, 3.05) is 12.8 Å². The Balaban J connectivity index is 2.11. The van der Waals surface area contributed by atoms with E-state index in [1.807, 2.05) is 36.6 Å². The highest BCUT2D eigenvalue weighted by Gasteiger charge is 2.26. The molecule has 5 nitrogen and oxygen atoms in total. The summed E-state index contributed by atoms with van der Waals surface area (Å²) in [5.41, 5.74) is 1.15. The molecule has 1 N–H and O–H groups in total. The molecule has 0 saturated carbocycles. The second-order valence-corrected chi connectivity index (χ2v) is 5.64. The molecule has 0 unspecified atom stereocenters. The molecule has 0 spiro atoms. The van der Waals surface area contributed by atoms with Crippen LogP contribution in [-0.4, -0.2) is 30.6 Å². The molecule has 1 heterocycles. The minimum atomic E-state index is -0.414. The van der Waals surface area contributed by atoms with Gasteiger partial charge in [0, 0.05) is 23.9 Å². The Morgan fingerprint density at radius 1 is 1.32 bits per heavy atom.